The molecule has 10 nitrogen and oxygen atoms in total. The Bertz CT molecular complexity index is 1830. The minimum atomic E-state index is -3.79. The molecule has 0 aromatic heterocycles. The molecular weight excluding hydrogens is 599 g/mol. The number of rotatable bonds is 11. The molecule has 2 heterocycles. The standard InChI is InChI=1S/C33H31FN4O6S/c1-42-27-12-10-26(11-13-27)38-30(20-29(37-38)22-7-16-31-32(19-22)44-21-43-31)23-4-2-5-25(18-23)36-33(39)6-3-17-35-45(40,41)28-14-8-24(34)9-15-28/h2,4-5,7-16,18-19,30,35H,3,6,17,20-21H2,1H3,(H,36,39). The fraction of sp³-hybridized carbons (Fsp3) is 0.212. The number of hydrogen-bond acceptors (Lipinski definition) is 8. The Morgan fingerprint density at radius 3 is 2.56 bits per heavy atom. The van der Waals surface area contributed by atoms with Crippen molar-refractivity contribution in [2.75, 3.05) is 30.8 Å². The van der Waals surface area contributed by atoms with Gasteiger partial charge in [-0.1, -0.05) is 12.1 Å². The number of fused-ring (bicyclic) bond motifs is 1. The average molecular weight is 631 g/mol. The molecule has 12 heteroatoms. The van der Waals surface area contributed by atoms with Gasteiger partial charge in [0.1, 0.15) is 11.6 Å². The molecule has 45 heavy (non-hydrogen) atoms. The molecule has 232 valence electrons. The Balaban J connectivity index is 1.13. The van der Waals surface area contributed by atoms with E-state index in [4.69, 9.17) is 19.3 Å². The lowest BCUT2D eigenvalue weighted by Crippen LogP contribution is -2.25. The van der Waals surface area contributed by atoms with E-state index in [0.717, 1.165) is 40.4 Å². The van der Waals surface area contributed by atoms with Gasteiger partial charge in [0, 0.05) is 30.6 Å². The molecular formula is C33H31FN4O6S. The van der Waals surface area contributed by atoms with Gasteiger partial charge in [0.05, 0.1) is 29.4 Å². The molecule has 0 fully saturated rings. The second-order valence-corrected chi connectivity index (χ2v) is 12.3. The molecule has 6 rings (SSSR count). The van der Waals surface area contributed by atoms with Crippen LogP contribution < -0.4 is 29.3 Å². The first-order chi connectivity index (χ1) is 21.8. The number of nitrogens with one attached hydrogen (secondary N) is 2. The lowest BCUT2D eigenvalue weighted by molar-refractivity contribution is -0.116. The number of nitrogens with zero attached hydrogens (tertiary/aromatic N) is 2. The number of carbonyl (C=O) groups is 1. The summed E-state index contributed by atoms with van der Waals surface area (Å²) >= 11 is 0. The van der Waals surface area contributed by atoms with E-state index in [0.29, 0.717) is 23.6 Å². The van der Waals surface area contributed by atoms with E-state index in [1.165, 1.54) is 12.1 Å². The maximum atomic E-state index is 13.1. The first kappa shape index (κ1) is 30.1. The molecule has 0 radical (unpaired) electrons. The van der Waals surface area contributed by atoms with Crippen LogP contribution in [0.15, 0.2) is 101 Å². The van der Waals surface area contributed by atoms with Crippen molar-refractivity contribution in [3.05, 3.63) is 108 Å². The molecule has 0 spiro atoms. The molecule has 4 aromatic carbocycles. The Kier molecular flexibility index (Phi) is 8.67. The number of amides is 1. The number of ether oxygens (including phenoxy) is 3. The summed E-state index contributed by atoms with van der Waals surface area (Å²) in [6.07, 6.45) is 0.999. The average Bonchev–Trinajstić information content (AvgIpc) is 3.71. The highest BCUT2D eigenvalue weighted by atomic mass is 32.2. The number of anilines is 2. The highest BCUT2D eigenvalue weighted by Crippen LogP contribution is 2.40. The smallest absolute Gasteiger partial charge is 0.240 e. The zero-order chi connectivity index (χ0) is 31.4. The number of benzene rings is 4. The van der Waals surface area contributed by atoms with Gasteiger partial charge in [-0.25, -0.2) is 17.5 Å². The van der Waals surface area contributed by atoms with Crippen LogP contribution >= 0.6 is 0 Å². The number of carbonyl (C=O) groups excluding carboxylic acids is 1. The fourth-order valence-corrected chi connectivity index (χ4v) is 6.27. The van der Waals surface area contributed by atoms with Crippen LogP contribution in [0.3, 0.4) is 0 Å². The Hall–Kier alpha value is -4.94. The molecule has 0 saturated carbocycles. The summed E-state index contributed by atoms with van der Waals surface area (Å²) in [4.78, 5) is 12.7. The first-order valence-corrected chi connectivity index (χ1v) is 15.8. The van der Waals surface area contributed by atoms with Gasteiger partial charge in [-0.3, -0.25) is 9.80 Å². The molecule has 2 aliphatic rings. The highest BCUT2D eigenvalue weighted by Gasteiger charge is 2.31. The largest absolute Gasteiger partial charge is 0.497 e. The van der Waals surface area contributed by atoms with Gasteiger partial charge in [-0.05, 0) is 90.8 Å². The quantitative estimate of drug-likeness (QED) is 0.207. The molecule has 1 unspecified atom stereocenters. The van der Waals surface area contributed by atoms with Crippen LogP contribution in [0.2, 0.25) is 0 Å². The van der Waals surface area contributed by atoms with E-state index in [1.54, 1.807) is 7.11 Å². The van der Waals surface area contributed by atoms with Gasteiger partial charge in [0.2, 0.25) is 22.7 Å². The summed E-state index contributed by atoms with van der Waals surface area (Å²) in [7, 11) is -2.17. The molecule has 0 bridgehead atoms. The summed E-state index contributed by atoms with van der Waals surface area (Å²) < 4.78 is 56.8. The second-order valence-electron chi connectivity index (χ2n) is 10.5. The predicted molar refractivity (Wildman–Crippen MR) is 168 cm³/mol. The van der Waals surface area contributed by atoms with Crippen LogP contribution in [-0.2, 0) is 14.8 Å². The van der Waals surface area contributed by atoms with Crippen molar-refractivity contribution in [1.82, 2.24) is 4.72 Å². The molecule has 1 atom stereocenters. The number of hydrogen-bond donors (Lipinski definition) is 2. The van der Waals surface area contributed by atoms with Crippen LogP contribution in [0.1, 0.15) is 36.4 Å². The maximum Gasteiger partial charge on any atom is 0.240 e. The maximum absolute atomic E-state index is 13.1. The third kappa shape index (κ3) is 6.92. The van der Waals surface area contributed by atoms with Crippen molar-refractivity contribution in [1.29, 1.82) is 0 Å². The second kappa shape index (κ2) is 13.0. The van der Waals surface area contributed by atoms with E-state index in [9.17, 15) is 17.6 Å². The SMILES string of the molecule is COc1ccc(N2N=C(c3ccc4c(c3)OCO4)CC2c2cccc(NC(=O)CCCNS(=O)(=O)c3ccc(F)cc3)c2)cc1. The topological polar surface area (TPSA) is 119 Å². The lowest BCUT2D eigenvalue weighted by Gasteiger charge is -2.24. The summed E-state index contributed by atoms with van der Waals surface area (Å²) in [6.45, 7) is 0.252. The van der Waals surface area contributed by atoms with Crippen LogP contribution in [-0.4, -0.2) is 40.5 Å². The van der Waals surface area contributed by atoms with Crippen molar-refractivity contribution < 1.29 is 31.8 Å². The molecule has 2 N–H and O–H groups in total. The van der Waals surface area contributed by atoms with Gasteiger partial charge in [-0.2, -0.15) is 5.10 Å². The van der Waals surface area contributed by atoms with Crippen molar-refractivity contribution >= 4 is 33.0 Å². The zero-order valence-corrected chi connectivity index (χ0v) is 25.2. The third-order valence-electron chi connectivity index (χ3n) is 7.50. The Morgan fingerprint density at radius 1 is 1.00 bits per heavy atom. The number of sulfonamides is 1. The lowest BCUT2D eigenvalue weighted by atomic mass is 9.97. The van der Waals surface area contributed by atoms with E-state index in [2.05, 4.69) is 10.0 Å². The number of methoxy groups -OCH3 is 1. The summed E-state index contributed by atoms with van der Waals surface area (Å²) in [6, 6.07) is 25.5. The number of halogens is 1. The molecule has 1 amide bonds. The van der Waals surface area contributed by atoms with E-state index >= 15 is 0 Å². The van der Waals surface area contributed by atoms with E-state index < -0.39 is 15.8 Å². The van der Waals surface area contributed by atoms with Crippen molar-refractivity contribution in [2.24, 2.45) is 5.10 Å². The summed E-state index contributed by atoms with van der Waals surface area (Å²) in [5.74, 6) is 1.36. The van der Waals surface area contributed by atoms with Gasteiger partial charge in [0.15, 0.2) is 11.5 Å². The first-order valence-electron chi connectivity index (χ1n) is 14.3. The fourth-order valence-electron chi connectivity index (χ4n) is 5.19. The normalized spacial score (nSPS) is 15.6. The van der Waals surface area contributed by atoms with Gasteiger partial charge < -0.3 is 19.5 Å². The van der Waals surface area contributed by atoms with Crippen molar-refractivity contribution in [2.45, 2.75) is 30.2 Å². The van der Waals surface area contributed by atoms with Crippen molar-refractivity contribution in [3.8, 4) is 17.2 Å². The Morgan fingerprint density at radius 2 is 1.78 bits per heavy atom. The van der Waals surface area contributed by atoms with Crippen LogP contribution in [0.4, 0.5) is 15.8 Å². The van der Waals surface area contributed by atoms with Crippen LogP contribution in [0.25, 0.3) is 0 Å². The minimum Gasteiger partial charge on any atom is -0.497 e. The summed E-state index contributed by atoms with van der Waals surface area (Å²) in [5.41, 5.74) is 4.27. The third-order valence-corrected chi connectivity index (χ3v) is 8.98. The highest BCUT2D eigenvalue weighted by molar-refractivity contribution is 7.89. The van der Waals surface area contributed by atoms with Crippen LogP contribution in [0.5, 0.6) is 17.2 Å². The zero-order valence-electron chi connectivity index (χ0n) is 24.4. The van der Waals surface area contributed by atoms with E-state index in [-0.39, 0.29) is 43.0 Å². The molecule has 0 aliphatic carbocycles. The van der Waals surface area contributed by atoms with Gasteiger partial charge >= 0.3 is 0 Å². The minimum absolute atomic E-state index is 0.0357. The van der Waals surface area contributed by atoms with Gasteiger partial charge in [0.25, 0.3) is 0 Å². The monoisotopic (exact) mass is 630 g/mol. The van der Waals surface area contributed by atoms with Crippen LogP contribution in [0, 0.1) is 5.82 Å². The number of hydrazone groups is 1. The predicted octanol–water partition coefficient (Wildman–Crippen LogP) is 5.62. The summed E-state index contributed by atoms with van der Waals surface area (Å²) in [5, 5.41) is 9.89. The van der Waals surface area contributed by atoms with Gasteiger partial charge in [-0.15, -0.1) is 0 Å². The van der Waals surface area contributed by atoms with Crippen molar-refractivity contribution in [3.63, 3.8) is 0 Å². The molecule has 4 aromatic rings. The molecule has 0 saturated heterocycles. The van der Waals surface area contributed by atoms with E-state index in [1.807, 2.05) is 71.7 Å². The Labute approximate surface area is 260 Å². The molecule has 2 aliphatic heterocycles.